The van der Waals surface area contributed by atoms with E-state index < -0.39 is 23.5 Å². The lowest BCUT2D eigenvalue weighted by Gasteiger charge is -2.18. The highest BCUT2D eigenvalue weighted by Gasteiger charge is 2.23. The molecule has 2 aliphatic rings. The number of carboxylic acid groups (broad SMARTS) is 2. The second kappa shape index (κ2) is 14.0. The molecule has 0 bridgehead atoms. The van der Waals surface area contributed by atoms with Gasteiger partial charge in [-0.15, -0.1) is 0 Å². The summed E-state index contributed by atoms with van der Waals surface area (Å²) < 4.78 is 0. The molecule has 10 heteroatoms. The average Bonchev–Trinajstić information content (AvgIpc) is 3.80. The van der Waals surface area contributed by atoms with Crippen LogP contribution in [0.4, 0.5) is 11.4 Å². The largest absolute Gasteiger partial charge is 0.507 e. The van der Waals surface area contributed by atoms with Gasteiger partial charge in [0.05, 0.1) is 22.3 Å². The lowest BCUT2D eigenvalue weighted by Crippen LogP contribution is -2.17. The third kappa shape index (κ3) is 6.86. The van der Waals surface area contributed by atoms with Crippen molar-refractivity contribution in [1.82, 2.24) is 0 Å². The number of carbonyl (C=O) groups is 4. The molecule has 0 saturated carbocycles. The van der Waals surface area contributed by atoms with Crippen LogP contribution in [0.3, 0.4) is 0 Å². The van der Waals surface area contributed by atoms with Gasteiger partial charge in [0.1, 0.15) is 11.5 Å². The van der Waals surface area contributed by atoms with E-state index in [-0.39, 0.29) is 44.9 Å². The number of aromatic carboxylic acids is 2. The number of benzene rings is 4. The predicted octanol–water partition coefficient (Wildman–Crippen LogP) is 5.84. The van der Waals surface area contributed by atoms with Crippen molar-refractivity contribution in [2.75, 3.05) is 36.0 Å². The monoisotopic (exact) mass is 622 g/mol. The van der Waals surface area contributed by atoms with Crippen molar-refractivity contribution in [3.8, 4) is 11.5 Å². The Balaban J connectivity index is 0.000000181. The molecule has 2 fully saturated rings. The first-order valence-electron chi connectivity index (χ1n) is 15.1. The van der Waals surface area contributed by atoms with Crippen molar-refractivity contribution in [3.05, 3.63) is 118 Å². The molecule has 4 N–H and O–H groups in total. The molecule has 2 heterocycles. The molecule has 6 rings (SSSR count). The first-order valence-corrected chi connectivity index (χ1v) is 15.1. The van der Waals surface area contributed by atoms with Crippen LogP contribution in [0.15, 0.2) is 84.9 Å². The normalized spacial score (nSPS) is 14.0. The smallest absolute Gasteiger partial charge is 0.336 e. The van der Waals surface area contributed by atoms with Crippen LogP contribution < -0.4 is 9.80 Å². The maximum Gasteiger partial charge on any atom is 0.336 e. The lowest BCUT2D eigenvalue weighted by atomic mass is 9.97. The van der Waals surface area contributed by atoms with Gasteiger partial charge in [-0.1, -0.05) is 36.4 Å². The lowest BCUT2D eigenvalue weighted by molar-refractivity contribution is 0.0683. The molecule has 0 atom stereocenters. The summed E-state index contributed by atoms with van der Waals surface area (Å²) in [4.78, 5) is 52.0. The summed E-state index contributed by atoms with van der Waals surface area (Å²) in [6, 6.07) is 21.9. The van der Waals surface area contributed by atoms with Gasteiger partial charge in [0.15, 0.2) is 11.6 Å². The summed E-state index contributed by atoms with van der Waals surface area (Å²) in [5.41, 5.74) is 1.99. The van der Waals surface area contributed by atoms with Crippen molar-refractivity contribution in [1.29, 1.82) is 0 Å². The zero-order chi connectivity index (χ0) is 32.8. The van der Waals surface area contributed by atoms with Crippen molar-refractivity contribution in [2.45, 2.75) is 25.7 Å². The van der Waals surface area contributed by atoms with Gasteiger partial charge in [-0.2, -0.15) is 0 Å². The topological polar surface area (TPSA) is 156 Å². The number of carbonyl (C=O) groups excluding carboxylic acids is 2. The molecule has 0 aliphatic carbocycles. The Morgan fingerprint density at radius 1 is 0.457 bits per heavy atom. The van der Waals surface area contributed by atoms with E-state index in [9.17, 15) is 39.6 Å². The summed E-state index contributed by atoms with van der Waals surface area (Å²) in [6.45, 7) is 3.76. The van der Waals surface area contributed by atoms with E-state index in [1.165, 1.54) is 24.3 Å². The van der Waals surface area contributed by atoms with Crippen LogP contribution in [0.5, 0.6) is 11.5 Å². The number of nitrogens with zero attached hydrogens (tertiary/aromatic N) is 2. The Morgan fingerprint density at radius 2 is 0.783 bits per heavy atom. The number of anilines is 2. The number of carboxylic acids is 2. The second-order valence-corrected chi connectivity index (χ2v) is 11.2. The Bertz CT molecular complexity index is 1660. The number of aromatic hydroxyl groups is 2. The van der Waals surface area contributed by atoms with Gasteiger partial charge in [0, 0.05) is 60.8 Å². The Labute approximate surface area is 265 Å². The third-order valence-corrected chi connectivity index (χ3v) is 8.20. The van der Waals surface area contributed by atoms with Crippen molar-refractivity contribution in [2.24, 2.45) is 0 Å². The number of hydrogen-bond acceptors (Lipinski definition) is 8. The van der Waals surface area contributed by atoms with Gasteiger partial charge >= 0.3 is 11.9 Å². The molecular weight excluding hydrogens is 588 g/mol. The van der Waals surface area contributed by atoms with E-state index in [0.717, 1.165) is 63.2 Å². The Kier molecular flexibility index (Phi) is 9.66. The van der Waals surface area contributed by atoms with E-state index in [1.54, 1.807) is 60.7 Å². The number of ketones is 2. The number of rotatable bonds is 8. The zero-order valence-corrected chi connectivity index (χ0v) is 25.1. The van der Waals surface area contributed by atoms with Gasteiger partial charge in [0.2, 0.25) is 0 Å². The first kappa shape index (κ1) is 31.8. The number of phenols is 2. The SMILES string of the molecule is O=C(O)c1ccccc1C(=O)c1ccc(N2CCCC2)cc1O.O=C(O)c1ccccc1C(=O)c1ccc(N2CCCC2)cc1O. The summed E-state index contributed by atoms with van der Waals surface area (Å²) >= 11 is 0. The molecule has 46 heavy (non-hydrogen) atoms. The van der Waals surface area contributed by atoms with Gasteiger partial charge in [-0.25, -0.2) is 9.59 Å². The molecule has 4 aromatic carbocycles. The quantitative estimate of drug-likeness (QED) is 0.176. The highest BCUT2D eigenvalue weighted by molar-refractivity contribution is 6.16. The fourth-order valence-electron chi connectivity index (χ4n) is 5.79. The van der Waals surface area contributed by atoms with Crippen LogP contribution in [0.25, 0.3) is 0 Å². The summed E-state index contributed by atoms with van der Waals surface area (Å²) in [7, 11) is 0. The number of hydrogen-bond donors (Lipinski definition) is 4. The third-order valence-electron chi connectivity index (χ3n) is 8.20. The first-order chi connectivity index (χ1) is 22.2. The molecule has 0 aromatic heterocycles. The van der Waals surface area contributed by atoms with Crippen LogP contribution in [0.2, 0.25) is 0 Å². The van der Waals surface area contributed by atoms with Gasteiger partial charge in [-0.05, 0) is 62.1 Å². The Hall–Kier alpha value is -5.64. The van der Waals surface area contributed by atoms with Gasteiger partial charge < -0.3 is 30.2 Å². The molecule has 10 nitrogen and oxygen atoms in total. The van der Waals surface area contributed by atoms with Crippen LogP contribution in [-0.2, 0) is 0 Å². The molecule has 0 unspecified atom stereocenters. The summed E-state index contributed by atoms with van der Waals surface area (Å²) in [6.07, 6.45) is 4.47. The van der Waals surface area contributed by atoms with Crippen LogP contribution >= 0.6 is 0 Å². The van der Waals surface area contributed by atoms with Crippen molar-refractivity contribution in [3.63, 3.8) is 0 Å². The minimum absolute atomic E-state index is 0.0690. The van der Waals surface area contributed by atoms with Crippen molar-refractivity contribution >= 4 is 34.9 Å². The van der Waals surface area contributed by atoms with Crippen molar-refractivity contribution < 1.29 is 39.6 Å². The molecule has 0 radical (unpaired) electrons. The van der Waals surface area contributed by atoms with Crippen LogP contribution in [0, 0.1) is 0 Å². The highest BCUT2D eigenvalue weighted by atomic mass is 16.4. The molecule has 236 valence electrons. The predicted molar refractivity (Wildman–Crippen MR) is 173 cm³/mol. The Morgan fingerprint density at radius 3 is 1.09 bits per heavy atom. The molecule has 0 amide bonds. The molecule has 2 aliphatic heterocycles. The van der Waals surface area contributed by atoms with Crippen LogP contribution in [0.1, 0.15) is 78.2 Å². The highest BCUT2D eigenvalue weighted by Crippen LogP contribution is 2.31. The second-order valence-electron chi connectivity index (χ2n) is 11.2. The van der Waals surface area contributed by atoms with E-state index >= 15 is 0 Å². The summed E-state index contributed by atoms with van der Waals surface area (Å²) in [5, 5.41) is 38.8. The maximum atomic E-state index is 12.6. The van der Waals surface area contributed by atoms with E-state index in [0.29, 0.717) is 0 Å². The van der Waals surface area contributed by atoms with E-state index in [2.05, 4.69) is 9.80 Å². The number of phenolic OH excluding ortho intramolecular Hbond substituents is 2. The van der Waals surface area contributed by atoms with Gasteiger partial charge in [-0.3, -0.25) is 9.59 Å². The minimum Gasteiger partial charge on any atom is -0.507 e. The van der Waals surface area contributed by atoms with Gasteiger partial charge in [0.25, 0.3) is 0 Å². The summed E-state index contributed by atoms with van der Waals surface area (Å²) in [5.74, 6) is -3.56. The molecule has 0 spiro atoms. The molecule has 4 aromatic rings. The average molecular weight is 623 g/mol. The fraction of sp³-hybridized carbons (Fsp3) is 0.222. The molecule has 2 saturated heterocycles. The zero-order valence-electron chi connectivity index (χ0n) is 25.1. The fourth-order valence-corrected chi connectivity index (χ4v) is 5.79. The standard InChI is InChI=1S/2C18H17NO4/c2*20-16-11-12(19-9-3-4-10-19)7-8-15(16)17(21)13-5-1-2-6-14(13)18(22)23/h2*1-2,5-8,11,20H,3-4,9-10H2,(H,22,23). The van der Waals surface area contributed by atoms with E-state index in [4.69, 9.17) is 0 Å². The molecular formula is C36H34N2O8. The maximum absolute atomic E-state index is 12.6. The van der Waals surface area contributed by atoms with Crippen LogP contribution in [-0.4, -0.2) is 70.1 Å². The minimum atomic E-state index is -1.16. The van der Waals surface area contributed by atoms with E-state index in [1.807, 2.05) is 0 Å².